The number of hydrogen-bond donors (Lipinski definition) is 0. The fourth-order valence-electron chi connectivity index (χ4n) is 2.82. The van der Waals surface area contributed by atoms with Gasteiger partial charge in [-0.05, 0) is 36.8 Å². The van der Waals surface area contributed by atoms with Crippen molar-refractivity contribution in [2.75, 3.05) is 20.8 Å². The summed E-state index contributed by atoms with van der Waals surface area (Å²) in [6.07, 6.45) is 0. The lowest BCUT2D eigenvalue weighted by Gasteiger charge is -2.11. The Kier molecular flexibility index (Phi) is 4.81. The lowest BCUT2D eigenvalue weighted by molar-refractivity contribution is 0.355. The van der Waals surface area contributed by atoms with E-state index in [2.05, 4.69) is 0 Å². The summed E-state index contributed by atoms with van der Waals surface area (Å²) in [7, 11) is 3.10. The quantitative estimate of drug-likeness (QED) is 0.697. The lowest BCUT2D eigenvalue weighted by Crippen LogP contribution is -2.08. The number of nitriles is 1. The molecule has 0 aliphatic heterocycles. The van der Waals surface area contributed by atoms with E-state index >= 15 is 0 Å². The van der Waals surface area contributed by atoms with E-state index in [4.69, 9.17) is 23.9 Å². The Morgan fingerprint density at radius 3 is 2.54 bits per heavy atom. The number of nitrogens with zero attached hydrogens (tertiary/aromatic N) is 1. The zero-order valence-corrected chi connectivity index (χ0v) is 14.7. The average Bonchev–Trinajstić information content (AvgIpc) is 2.65. The van der Waals surface area contributed by atoms with Gasteiger partial charge in [0.15, 0.2) is 18.1 Å². The van der Waals surface area contributed by atoms with Crippen LogP contribution < -0.4 is 19.6 Å². The predicted molar refractivity (Wildman–Crippen MR) is 96.9 cm³/mol. The topological polar surface area (TPSA) is 81.7 Å². The van der Waals surface area contributed by atoms with Crippen LogP contribution in [0, 0.1) is 18.3 Å². The van der Waals surface area contributed by atoms with Gasteiger partial charge in [0.1, 0.15) is 23.2 Å². The molecule has 1 heterocycles. The second-order valence-electron chi connectivity index (χ2n) is 5.54. The van der Waals surface area contributed by atoms with Crippen LogP contribution in [0.1, 0.15) is 5.76 Å². The van der Waals surface area contributed by atoms with Crippen LogP contribution in [-0.2, 0) is 0 Å². The highest BCUT2D eigenvalue weighted by Gasteiger charge is 2.16. The van der Waals surface area contributed by atoms with Crippen molar-refractivity contribution in [2.24, 2.45) is 0 Å². The number of ether oxygens (including phenoxy) is 3. The number of fused-ring (bicyclic) bond motifs is 1. The number of methoxy groups -OCH3 is 2. The van der Waals surface area contributed by atoms with Crippen LogP contribution in [0.3, 0.4) is 0 Å². The van der Waals surface area contributed by atoms with Gasteiger partial charge in [0.2, 0.25) is 5.43 Å². The van der Waals surface area contributed by atoms with Crippen LogP contribution in [0.25, 0.3) is 22.1 Å². The van der Waals surface area contributed by atoms with Crippen molar-refractivity contribution < 1.29 is 18.6 Å². The lowest BCUT2D eigenvalue weighted by atomic mass is 10.0. The second-order valence-corrected chi connectivity index (χ2v) is 5.54. The molecular formula is C20H17NO5. The number of rotatable bonds is 5. The molecule has 0 fully saturated rings. The highest BCUT2D eigenvalue weighted by molar-refractivity contribution is 5.84. The second kappa shape index (κ2) is 7.19. The third-order valence-electron chi connectivity index (χ3n) is 4.02. The third-order valence-corrected chi connectivity index (χ3v) is 4.02. The van der Waals surface area contributed by atoms with Gasteiger partial charge in [-0.1, -0.05) is 6.07 Å². The summed E-state index contributed by atoms with van der Waals surface area (Å²) in [5.74, 6) is 2.06. The third kappa shape index (κ3) is 3.07. The molecule has 0 N–H and O–H groups in total. The summed E-state index contributed by atoms with van der Waals surface area (Å²) in [5.41, 5.74) is 1.40. The molecule has 0 radical (unpaired) electrons. The van der Waals surface area contributed by atoms with Crippen LogP contribution in [0.4, 0.5) is 0 Å². The van der Waals surface area contributed by atoms with Crippen molar-refractivity contribution in [1.82, 2.24) is 0 Å². The minimum absolute atomic E-state index is 0.0710. The Labute approximate surface area is 150 Å². The first kappa shape index (κ1) is 17.4. The Hall–Kier alpha value is -3.46. The summed E-state index contributed by atoms with van der Waals surface area (Å²) in [6, 6.07) is 12.1. The molecule has 0 unspecified atom stereocenters. The van der Waals surface area contributed by atoms with Crippen molar-refractivity contribution in [2.45, 2.75) is 6.92 Å². The number of aryl methyl sites for hydroxylation is 1. The van der Waals surface area contributed by atoms with Crippen molar-refractivity contribution in [1.29, 1.82) is 5.26 Å². The van der Waals surface area contributed by atoms with Gasteiger partial charge >= 0.3 is 0 Å². The minimum Gasteiger partial charge on any atom is -0.493 e. The molecule has 1 aromatic heterocycles. The Balaban J connectivity index is 2.16. The molecule has 2 aromatic carbocycles. The zero-order chi connectivity index (χ0) is 18.7. The van der Waals surface area contributed by atoms with E-state index in [1.807, 2.05) is 6.07 Å². The molecule has 0 amide bonds. The normalized spacial score (nSPS) is 10.4. The highest BCUT2D eigenvalue weighted by atomic mass is 16.5. The molecule has 0 bridgehead atoms. The fourth-order valence-corrected chi connectivity index (χ4v) is 2.82. The van der Waals surface area contributed by atoms with Gasteiger partial charge in [0.05, 0.1) is 25.2 Å². The maximum absolute atomic E-state index is 13.0. The zero-order valence-electron chi connectivity index (χ0n) is 14.7. The molecule has 0 atom stereocenters. The maximum Gasteiger partial charge on any atom is 0.200 e. The van der Waals surface area contributed by atoms with Gasteiger partial charge in [0, 0.05) is 6.07 Å². The standard InChI is InChI=1S/C20H17NO5/c1-12-19(13-4-7-16(23-2)18(10-13)24-3)20(22)15-6-5-14(25-9-8-21)11-17(15)26-12/h4-7,10-11H,9H2,1-3H3. The number of benzene rings is 2. The van der Waals surface area contributed by atoms with E-state index in [1.54, 1.807) is 57.5 Å². The number of hydrogen-bond acceptors (Lipinski definition) is 6. The molecule has 132 valence electrons. The van der Waals surface area contributed by atoms with Crippen LogP contribution in [0.15, 0.2) is 45.6 Å². The van der Waals surface area contributed by atoms with Gasteiger partial charge in [0.25, 0.3) is 0 Å². The fraction of sp³-hybridized carbons (Fsp3) is 0.200. The van der Waals surface area contributed by atoms with Gasteiger partial charge in [-0.2, -0.15) is 5.26 Å². The summed E-state index contributed by atoms with van der Waals surface area (Å²) in [4.78, 5) is 13.0. The average molecular weight is 351 g/mol. The molecule has 3 aromatic rings. The van der Waals surface area contributed by atoms with Crippen molar-refractivity contribution >= 4 is 11.0 Å². The summed E-state index contributed by atoms with van der Waals surface area (Å²) < 4.78 is 21.7. The summed E-state index contributed by atoms with van der Waals surface area (Å²) in [6.45, 7) is 1.66. The molecule has 6 nitrogen and oxygen atoms in total. The van der Waals surface area contributed by atoms with Crippen molar-refractivity contribution in [3.05, 3.63) is 52.4 Å². The van der Waals surface area contributed by atoms with E-state index < -0.39 is 0 Å². The van der Waals surface area contributed by atoms with E-state index in [-0.39, 0.29) is 12.0 Å². The van der Waals surface area contributed by atoms with Crippen LogP contribution in [0.2, 0.25) is 0 Å². The molecule has 26 heavy (non-hydrogen) atoms. The van der Waals surface area contributed by atoms with Gasteiger partial charge < -0.3 is 18.6 Å². The van der Waals surface area contributed by atoms with E-state index in [0.717, 1.165) is 0 Å². The van der Waals surface area contributed by atoms with Gasteiger partial charge in [-0.15, -0.1) is 0 Å². The molecule has 0 saturated heterocycles. The van der Waals surface area contributed by atoms with Crippen molar-refractivity contribution in [3.8, 4) is 34.4 Å². The first-order chi connectivity index (χ1) is 12.6. The first-order valence-corrected chi connectivity index (χ1v) is 7.88. The molecule has 0 aliphatic rings. The Morgan fingerprint density at radius 1 is 1.08 bits per heavy atom. The molecule has 3 rings (SSSR count). The predicted octanol–water partition coefficient (Wildman–Crippen LogP) is 3.69. The Morgan fingerprint density at radius 2 is 1.85 bits per heavy atom. The van der Waals surface area contributed by atoms with Crippen LogP contribution in [-0.4, -0.2) is 20.8 Å². The molecule has 0 saturated carbocycles. The summed E-state index contributed by atoms with van der Waals surface area (Å²) in [5, 5.41) is 9.04. The van der Waals surface area contributed by atoms with Crippen molar-refractivity contribution in [3.63, 3.8) is 0 Å². The first-order valence-electron chi connectivity index (χ1n) is 7.88. The van der Waals surface area contributed by atoms with Gasteiger partial charge in [-0.25, -0.2) is 0 Å². The molecule has 0 spiro atoms. The maximum atomic E-state index is 13.0. The van der Waals surface area contributed by atoms with Crippen LogP contribution in [0.5, 0.6) is 17.2 Å². The van der Waals surface area contributed by atoms with Crippen LogP contribution >= 0.6 is 0 Å². The monoisotopic (exact) mass is 351 g/mol. The Bertz CT molecular complexity index is 1060. The van der Waals surface area contributed by atoms with E-state index in [9.17, 15) is 4.79 Å². The largest absolute Gasteiger partial charge is 0.493 e. The minimum atomic E-state index is -0.150. The van der Waals surface area contributed by atoms with Gasteiger partial charge in [-0.3, -0.25) is 4.79 Å². The SMILES string of the molecule is COc1ccc(-c2c(C)oc3cc(OCC#N)ccc3c2=O)cc1OC. The smallest absolute Gasteiger partial charge is 0.200 e. The molecule has 6 heteroatoms. The summed E-state index contributed by atoms with van der Waals surface area (Å²) >= 11 is 0. The van der Waals surface area contributed by atoms with E-state index in [1.165, 1.54) is 0 Å². The highest BCUT2D eigenvalue weighted by Crippen LogP contribution is 2.33. The molecule has 0 aliphatic carbocycles. The van der Waals surface area contributed by atoms with E-state index in [0.29, 0.717) is 45.1 Å². The molecular weight excluding hydrogens is 334 g/mol.